The Morgan fingerprint density at radius 1 is 1.03 bits per heavy atom. The summed E-state index contributed by atoms with van der Waals surface area (Å²) in [5, 5.41) is 12.2. The number of rotatable bonds is 7. The third-order valence-corrected chi connectivity index (χ3v) is 6.33. The van der Waals surface area contributed by atoms with E-state index in [-0.39, 0.29) is 11.2 Å². The number of thioether (sulfide) groups is 1. The highest BCUT2D eigenvalue weighted by molar-refractivity contribution is 8.00. The molecule has 32 heavy (non-hydrogen) atoms. The molecule has 0 saturated carbocycles. The molecule has 0 aliphatic rings. The summed E-state index contributed by atoms with van der Waals surface area (Å²) in [6.45, 7) is 4.01. The van der Waals surface area contributed by atoms with Gasteiger partial charge in [0.15, 0.2) is 11.0 Å². The van der Waals surface area contributed by atoms with Crippen molar-refractivity contribution < 1.29 is 4.79 Å². The van der Waals surface area contributed by atoms with Crippen LogP contribution in [0, 0.1) is 6.92 Å². The minimum atomic E-state index is -0.323. The minimum absolute atomic E-state index is 0.0607. The SMILES string of the molecule is CCC(Sc1nnc(-c2cccc(N)c2)n1-c1ccccc1)C(=O)Nc1ccc(C)cc1. The molecule has 0 aliphatic heterocycles. The number of nitrogen functional groups attached to an aromatic ring is 1. The first kappa shape index (κ1) is 21.6. The number of amides is 1. The van der Waals surface area contributed by atoms with Gasteiger partial charge in [-0.1, -0.05) is 66.7 Å². The van der Waals surface area contributed by atoms with Gasteiger partial charge in [-0.05, 0) is 49.7 Å². The van der Waals surface area contributed by atoms with E-state index in [9.17, 15) is 4.79 Å². The molecule has 7 heteroatoms. The molecule has 4 rings (SSSR count). The lowest BCUT2D eigenvalue weighted by Gasteiger charge is -2.16. The molecule has 1 aromatic heterocycles. The van der Waals surface area contributed by atoms with Gasteiger partial charge < -0.3 is 11.1 Å². The van der Waals surface area contributed by atoms with E-state index in [0.717, 1.165) is 22.5 Å². The minimum Gasteiger partial charge on any atom is -0.399 e. The summed E-state index contributed by atoms with van der Waals surface area (Å²) in [5.74, 6) is 0.620. The van der Waals surface area contributed by atoms with Gasteiger partial charge in [-0.2, -0.15) is 0 Å². The zero-order chi connectivity index (χ0) is 22.5. The molecule has 1 unspecified atom stereocenters. The second-order valence-corrected chi connectivity index (χ2v) is 8.64. The Bertz CT molecular complexity index is 1200. The molecule has 0 bridgehead atoms. The lowest BCUT2D eigenvalue weighted by atomic mass is 10.2. The molecule has 0 spiro atoms. The van der Waals surface area contributed by atoms with Gasteiger partial charge in [0.2, 0.25) is 5.91 Å². The number of carbonyl (C=O) groups is 1. The maximum atomic E-state index is 13.0. The molecular weight excluding hydrogens is 418 g/mol. The van der Waals surface area contributed by atoms with Crippen LogP contribution in [0.3, 0.4) is 0 Å². The first-order valence-corrected chi connectivity index (χ1v) is 11.3. The van der Waals surface area contributed by atoms with Gasteiger partial charge in [-0.25, -0.2) is 0 Å². The van der Waals surface area contributed by atoms with Crippen molar-refractivity contribution in [3.63, 3.8) is 0 Å². The molecular formula is C25H25N5OS. The molecule has 0 saturated heterocycles. The van der Waals surface area contributed by atoms with Gasteiger partial charge in [0.25, 0.3) is 0 Å². The quantitative estimate of drug-likeness (QED) is 0.298. The van der Waals surface area contributed by atoms with E-state index in [1.165, 1.54) is 11.8 Å². The van der Waals surface area contributed by atoms with Crippen molar-refractivity contribution >= 4 is 29.0 Å². The average molecular weight is 444 g/mol. The maximum Gasteiger partial charge on any atom is 0.237 e. The van der Waals surface area contributed by atoms with Crippen molar-refractivity contribution in [3.8, 4) is 17.1 Å². The summed E-state index contributed by atoms with van der Waals surface area (Å²) in [6.07, 6.45) is 0.650. The van der Waals surface area contributed by atoms with Crippen LogP contribution in [-0.4, -0.2) is 25.9 Å². The van der Waals surface area contributed by atoms with Gasteiger partial charge >= 0.3 is 0 Å². The van der Waals surface area contributed by atoms with Gasteiger partial charge in [0, 0.05) is 22.6 Å². The Hall–Kier alpha value is -3.58. The predicted molar refractivity (Wildman–Crippen MR) is 131 cm³/mol. The van der Waals surface area contributed by atoms with Gasteiger partial charge in [-0.15, -0.1) is 10.2 Å². The Morgan fingerprint density at radius 3 is 2.47 bits per heavy atom. The van der Waals surface area contributed by atoms with Crippen LogP contribution in [0.1, 0.15) is 18.9 Å². The van der Waals surface area contributed by atoms with Crippen molar-refractivity contribution in [2.75, 3.05) is 11.1 Å². The second-order valence-electron chi connectivity index (χ2n) is 7.47. The number of nitrogens with zero attached hydrogens (tertiary/aromatic N) is 3. The largest absolute Gasteiger partial charge is 0.399 e. The number of aromatic nitrogens is 3. The smallest absolute Gasteiger partial charge is 0.237 e. The Morgan fingerprint density at radius 2 is 1.78 bits per heavy atom. The van der Waals surface area contributed by atoms with Gasteiger partial charge in [0.1, 0.15) is 0 Å². The fourth-order valence-electron chi connectivity index (χ4n) is 3.33. The standard InChI is InChI=1S/C25H25N5OS/c1-3-22(24(31)27-20-14-12-17(2)13-15-20)32-25-29-28-23(18-8-7-9-19(26)16-18)30(25)21-10-5-4-6-11-21/h4-16,22H,3,26H2,1-2H3,(H,27,31). The number of carbonyl (C=O) groups excluding carboxylic acids is 1. The number of benzene rings is 3. The number of anilines is 2. The number of hydrogen-bond donors (Lipinski definition) is 2. The molecule has 3 aromatic carbocycles. The maximum absolute atomic E-state index is 13.0. The summed E-state index contributed by atoms with van der Waals surface area (Å²) < 4.78 is 1.97. The zero-order valence-corrected chi connectivity index (χ0v) is 18.8. The topological polar surface area (TPSA) is 85.8 Å². The lowest BCUT2D eigenvalue weighted by Crippen LogP contribution is -2.25. The molecule has 3 N–H and O–H groups in total. The third kappa shape index (κ3) is 4.84. The number of aryl methyl sites for hydroxylation is 1. The molecule has 4 aromatic rings. The Labute approximate surface area is 191 Å². The van der Waals surface area contributed by atoms with Gasteiger partial charge in [-0.3, -0.25) is 9.36 Å². The van der Waals surface area contributed by atoms with E-state index in [4.69, 9.17) is 5.73 Å². The number of hydrogen-bond acceptors (Lipinski definition) is 5. The number of nitrogens with two attached hydrogens (primary N) is 1. The van der Waals surface area contributed by atoms with E-state index >= 15 is 0 Å². The molecule has 1 atom stereocenters. The molecule has 6 nitrogen and oxygen atoms in total. The average Bonchev–Trinajstić information content (AvgIpc) is 3.23. The molecule has 1 heterocycles. The van der Waals surface area contributed by atoms with Crippen LogP contribution in [0.15, 0.2) is 84.0 Å². The summed E-state index contributed by atoms with van der Waals surface area (Å²) in [5.41, 5.74) is 10.4. The lowest BCUT2D eigenvalue weighted by molar-refractivity contribution is -0.115. The van der Waals surface area contributed by atoms with E-state index in [2.05, 4.69) is 15.5 Å². The predicted octanol–water partition coefficient (Wildman–Crippen LogP) is 5.33. The van der Waals surface area contributed by atoms with E-state index in [0.29, 0.717) is 23.1 Å². The molecule has 162 valence electrons. The highest BCUT2D eigenvalue weighted by Crippen LogP contribution is 2.32. The van der Waals surface area contributed by atoms with Crippen LogP contribution in [0.2, 0.25) is 0 Å². The number of para-hydroxylation sites is 1. The van der Waals surface area contributed by atoms with E-state index in [1.54, 1.807) is 0 Å². The molecule has 0 fully saturated rings. The second kappa shape index (κ2) is 9.70. The zero-order valence-electron chi connectivity index (χ0n) is 18.0. The van der Waals surface area contributed by atoms with Crippen molar-refractivity contribution in [3.05, 3.63) is 84.4 Å². The van der Waals surface area contributed by atoms with E-state index < -0.39 is 0 Å². The summed E-state index contributed by atoms with van der Waals surface area (Å²) in [6, 6.07) is 25.2. The van der Waals surface area contributed by atoms with Crippen molar-refractivity contribution in [2.24, 2.45) is 0 Å². The van der Waals surface area contributed by atoms with Crippen LogP contribution in [0.4, 0.5) is 11.4 Å². The summed E-state index contributed by atoms with van der Waals surface area (Å²) >= 11 is 1.41. The monoisotopic (exact) mass is 443 g/mol. The third-order valence-electron chi connectivity index (χ3n) is 5.02. The first-order valence-electron chi connectivity index (χ1n) is 10.5. The van der Waals surface area contributed by atoms with E-state index in [1.807, 2.05) is 97.3 Å². The number of nitrogens with one attached hydrogen (secondary N) is 1. The fraction of sp³-hybridized carbons (Fsp3) is 0.160. The van der Waals surface area contributed by atoms with Crippen molar-refractivity contribution in [1.82, 2.24) is 14.8 Å². The first-order chi connectivity index (χ1) is 15.5. The highest BCUT2D eigenvalue weighted by atomic mass is 32.2. The van der Waals surface area contributed by atoms with Crippen LogP contribution in [-0.2, 0) is 4.79 Å². The normalized spacial score (nSPS) is 11.8. The van der Waals surface area contributed by atoms with Crippen LogP contribution < -0.4 is 11.1 Å². The Balaban J connectivity index is 1.66. The van der Waals surface area contributed by atoms with Gasteiger partial charge in [0.05, 0.1) is 5.25 Å². The molecule has 0 aliphatic carbocycles. The van der Waals surface area contributed by atoms with Crippen LogP contribution in [0.25, 0.3) is 17.1 Å². The Kier molecular flexibility index (Phi) is 6.56. The summed E-state index contributed by atoms with van der Waals surface area (Å²) in [7, 11) is 0. The highest BCUT2D eigenvalue weighted by Gasteiger charge is 2.24. The fourth-order valence-corrected chi connectivity index (χ4v) is 4.30. The van der Waals surface area contributed by atoms with Crippen LogP contribution in [0.5, 0.6) is 0 Å². The van der Waals surface area contributed by atoms with Crippen molar-refractivity contribution in [2.45, 2.75) is 30.7 Å². The van der Waals surface area contributed by atoms with Crippen LogP contribution >= 0.6 is 11.8 Å². The molecule has 1 amide bonds. The van der Waals surface area contributed by atoms with Crippen molar-refractivity contribution in [1.29, 1.82) is 0 Å². The molecule has 0 radical (unpaired) electrons. The summed E-state index contributed by atoms with van der Waals surface area (Å²) in [4.78, 5) is 13.0.